The van der Waals surface area contributed by atoms with Gasteiger partial charge in [0.1, 0.15) is 11.4 Å². The number of anilines is 2. The number of aryl methyl sites for hydroxylation is 2. The first-order chi connectivity index (χ1) is 13.0. The van der Waals surface area contributed by atoms with Gasteiger partial charge >= 0.3 is 0 Å². The van der Waals surface area contributed by atoms with Crippen molar-refractivity contribution in [2.24, 2.45) is 0 Å². The second-order valence-electron chi connectivity index (χ2n) is 7.06. The third-order valence-electron chi connectivity index (χ3n) is 4.92. The van der Waals surface area contributed by atoms with E-state index in [9.17, 15) is 9.59 Å². The Labute approximate surface area is 161 Å². The van der Waals surface area contributed by atoms with Crippen LogP contribution in [-0.2, 0) is 24.2 Å². The van der Waals surface area contributed by atoms with Crippen LogP contribution in [0.25, 0.3) is 10.2 Å². The van der Waals surface area contributed by atoms with Crippen molar-refractivity contribution in [2.45, 2.75) is 32.2 Å². The smallest absolute Gasteiger partial charge is 0.262 e. The Morgan fingerprint density at radius 1 is 1.22 bits per heavy atom. The first kappa shape index (κ1) is 17.7. The Bertz CT molecular complexity index is 1050. The molecule has 1 aliphatic carbocycles. The Kier molecular flexibility index (Phi) is 4.70. The number of amides is 1. The van der Waals surface area contributed by atoms with Crippen LogP contribution in [-0.4, -0.2) is 29.6 Å². The minimum atomic E-state index is -0.236. The molecular weight excluding hydrogens is 360 g/mol. The Morgan fingerprint density at radius 2 is 1.96 bits per heavy atom. The second-order valence-corrected chi connectivity index (χ2v) is 8.14. The maximum Gasteiger partial charge on any atom is 0.262 e. The summed E-state index contributed by atoms with van der Waals surface area (Å²) in [7, 11) is 3.93. The standard InChI is InChI=1S/C20H22N4O2S/c1-23(2)14-9-7-13(8-10-14)22-17(25)11-24-12-21-19-18(20(24)26)15-5-3-4-6-16(15)27-19/h7-10,12H,3-6,11H2,1-2H3,(H,22,25). The van der Waals surface area contributed by atoms with E-state index < -0.39 is 0 Å². The van der Waals surface area contributed by atoms with Gasteiger partial charge in [-0.15, -0.1) is 11.3 Å². The molecule has 0 saturated heterocycles. The molecule has 0 spiro atoms. The number of hydrogen-bond donors (Lipinski definition) is 1. The predicted octanol–water partition coefficient (Wildman–Crippen LogP) is 3.04. The van der Waals surface area contributed by atoms with E-state index in [1.807, 2.05) is 43.3 Å². The number of carbonyl (C=O) groups is 1. The van der Waals surface area contributed by atoms with Crippen molar-refractivity contribution in [2.75, 3.05) is 24.3 Å². The maximum atomic E-state index is 12.9. The summed E-state index contributed by atoms with van der Waals surface area (Å²) in [5.41, 5.74) is 2.80. The van der Waals surface area contributed by atoms with Gasteiger partial charge in [-0.25, -0.2) is 4.98 Å². The van der Waals surface area contributed by atoms with E-state index >= 15 is 0 Å². The first-order valence-corrected chi connectivity index (χ1v) is 9.91. The lowest BCUT2D eigenvalue weighted by atomic mass is 9.97. The highest BCUT2D eigenvalue weighted by Crippen LogP contribution is 2.33. The summed E-state index contributed by atoms with van der Waals surface area (Å²) in [4.78, 5) is 33.8. The molecule has 0 fully saturated rings. The molecule has 0 unspecified atom stereocenters. The first-order valence-electron chi connectivity index (χ1n) is 9.10. The van der Waals surface area contributed by atoms with Crippen LogP contribution in [0.2, 0.25) is 0 Å². The number of thiophene rings is 1. The number of nitrogens with one attached hydrogen (secondary N) is 1. The molecule has 7 heteroatoms. The average Bonchev–Trinajstić information content (AvgIpc) is 3.04. The van der Waals surface area contributed by atoms with Crippen LogP contribution < -0.4 is 15.8 Å². The van der Waals surface area contributed by atoms with Gasteiger partial charge in [-0.2, -0.15) is 0 Å². The normalized spacial score (nSPS) is 13.4. The molecule has 6 nitrogen and oxygen atoms in total. The van der Waals surface area contributed by atoms with E-state index in [2.05, 4.69) is 10.3 Å². The van der Waals surface area contributed by atoms with Crippen molar-refractivity contribution in [1.82, 2.24) is 9.55 Å². The highest BCUT2D eigenvalue weighted by Gasteiger charge is 2.20. The maximum absolute atomic E-state index is 12.9. The topological polar surface area (TPSA) is 67.2 Å². The van der Waals surface area contributed by atoms with E-state index in [0.29, 0.717) is 11.1 Å². The molecule has 0 radical (unpaired) electrons. The lowest BCUT2D eigenvalue weighted by Gasteiger charge is -2.13. The van der Waals surface area contributed by atoms with Gasteiger partial charge in [-0.05, 0) is 55.5 Å². The number of hydrogen-bond acceptors (Lipinski definition) is 5. The summed E-state index contributed by atoms with van der Waals surface area (Å²) in [6.07, 6.45) is 5.72. The molecule has 0 saturated carbocycles. The zero-order valence-electron chi connectivity index (χ0n) is 15.5. The molecular formula is C20H22N4O2S. The number of nitrogens with zero attached hydrogens (tertiary/aromatic N) is 3. The molecule has 0 aliphatic heterocycles. The van der Waals surface area contributed by atoms with Gasteiger partial charge in [0.25, 0.3) is 5.56 Å². The van der Waals surface area contributed by atoms with E-state index in [0.717, 1.165) is 35.3 Å². The van der Waals surface area contributed by atoms with Crippen LogP contribution in [0.15, 0.2) is 35.4 Å². The average molecular weight is 382 g/mol. The number of benzene rings is 1. The van der Waals surface area contributed by atoms with Crippen molar-refractivity contribution in [3.8, 4) is 0 Å². The van der Waals surface area contributed by atoms with Crippen LogP contribution in [0.5, 0.6) is 0 Å². The van der Waals surface area contributed by atoms with Crippen molar-refractivity contribution in [1.29, 1.82) is 0 Å². The lowest BCUT2D eigenvalue weighted by Crippen LogP contribution is -2.28. The van der Waals surface area contributed by atoms with Gasteiger partial charge < -0.3 is 10.2 Å². The van der Waals surface area contributed by atoms with E-state index in [-0.39, 0.29) is 18.0 Å². The number of carbonyl (C=O) groups excluding carboxylic acids is 1. The van der Waals surface area contributed by atoms with Crippen LogP contribution in [0.3, 0.4) is 0 Å². The summed E-state index contributed by atoms with van der Waals surface area (Å²) < 4.78 is 1.41. The van der Waals surface area contributed by atoms with Crippen LogP contribution in [0, 0.1) is 0 Å². The van der Waals surface area contributed by atoms with E-state index in [1.165, 1.54) is 22.2 Å². The van der Waals surface area contributed by atoms with Crippen LogP contribution in [0.4, 0.5) is 11.4 Å². The Hall–Kier alpha value is -2.67. The van der Waals surface area contributed by atoms with Gasteiger partial charge in [0.15, 0.2) is 0 Å². The molecule has 2 heterocycles. The number of fused-ring (bicyclic) bond motifs is 3. The van der Waals surface area contributed by atoms with Gasteiger partial charge in [-0.3, -0.25) is 14.2 Å². The summed E-state index contributed by atoms with van der Waals surface area (Å²) in [5, 5.41) is 3.55. The van der Waals surface area contributed by atoms with Gasteiger partial charge in [-0.1, -0.05) is 0 Å². The fraction of sp³-hybridized carbons (Fsp3) is 0.350. The van der Waals surface area contributed by atoms with Crippen molar-refractivity contribution in [3.05, 3.63) is 51.4 Å². The van der Waals surface area contributed by atoms with Crippen molar-refractivity contribution < 1.29 is 4.79 Å². The van der Waals surface area contributed by atoms with Crippen molar-refractivity contribution >= 4 is 38.8 Å². The molecule has 2 aromatic heterocycles. The number of aromatic nitrogens is 2. The van der Waals surface area contributed by atoms with Gasteiger partial charge in [0.2, 0.25) is 5.91 Å². The molecule has 3 aromatic rings. The highest BCUT2D eigenvalue weighted by molar-refractivity contribution is 7.18. The zero-order valence-corrected chi connectivity index (χ0v) is 16.3. The third kappa shape index (κ3) is 3.47. The van der Waals surface area contributed by atoms with E-state index in [1.54, 1.807) is 11.3 Å². The molecule has 1 N–H and O–H groups in total. The summed E-state index contributed by atoms with van der Waals surface area (Å²) in [5.74, 6) is -0.236. The zero-order chi connectivity index (χ0) is 19.0. The minimum Gasteiger partial charge on any atom is -0.378 e. The fourth-order valence-electron chi connectivity index (χ4n) is 3.49. The largest absolute Gasteiger partial charge is 0.378 e. The quantitative estimate of drug-likeness (QED) is 0.753. The van der Waals surface area contributed by atoms with Gasteiger partial charge in [0, 0.05) is 30.3 Å². The monoisotopic (exact) mass is 382 g/mol. The minimum absolute atomic E-state index is 0.0399. The summed E-state index contributed by atoms with van der Waals surface area (Å²) in [6.45, 7) is -0.0399. The predicted molar refractivity (Wildman–Crippen MR) is 110 cm³/mol. The Balaban J connectivity index is 1.55. The van der Waals surface area contributed by atoms with Crippen molar-refractivity contribution in [3.63, 3.8) is 0 Å². The molecule has 0 bridgehead atoms. The van der Waals surface area contributed by atoms with Crippen LogP contribution in [0.1, 0.15) is 23.3 Å². The van der Waals surface area contributed by atoms with Crippen LogP contribution >= 0.6 is 11.3 Å². The number of rotatable bonds is 4. The van der Waals surface area contributed by atoms with E-state index in [4.69, 9.17) is 0 Å². The lowest BCUT2D eigenvalue weighted by molar-refractivity contribution is -0.116. The van der Waals surface area contributed by atoms with Gasteiger partial charge in [0.05, 0.1) is 11.7 Å². The molecule has 0 atom stereocenters. The summed E-state index contributed by atoms with van der Waals surface area (Å²) in [6, 6.07) is 7.58. The SMILES string of the molecule is CN(C)c1ccc(NC(=O)Cn2cnc3sc4c(c3c2=O)CCCC4)cc1. The molecule has 4 rings (SSSR count). The molecule has 1 amide bonds. The fourth-order valence-corrected chi connectivity index (χ4v) is 4.71. The third-order valence-corrected chi connectivity index (χ3v) is 6.12. The summed E-state index contributed by atoms with van der Waals surface area (Å²) >= 11 is 1.62. The molecule has 140 valence electrons. The molecule has 1 aliphatic rings. The molecule has 27 heavy (non-hydrogen) atoms. The highest BCUT2D eigenvalue weighted by atomic mass is 32.1. The second kappa shape index (κ2) is 7.15. The molecule has 1 aromatic carbocycles. The Morgan fingerprint density at radius 3 is 2.70 bits per heavy atom.